The number of amidine groups is 1. The first-order valence-corrected chi connectivity index (χ1v) is 15.6. The number of aryl methyl sites for hydroxylation is 2. The van der Waals surface area contributed by atoms with E-state index in [0.29, 0.717) is 42.8 Å². The summed E-state index contributed by atoms with van der Waals surface area (Å²) < 4.78 is 23.4. The summed E-state index contributed by atoms with van der Waals surface area (Å²) in [4.78, 5) is 28.4. The van der Waals surface area contributed by atoms with Gasteiger partial charge in [0, 0.05) is 31.1 Å². The highest BCUT2D eigenvalue weighted by Crippen LogP contribution is 2.31. The maximum Gasteiger partial charge on any atom is 0.257 e. The summed E-state index contributed by atoms with van der Waals surface area (Å²) in [5, 5.41) is 0. The minimum atomic E-state index is -1.34. The normalized spacial score (nSPS) is 20.4. The summed E-state index contributed by atoms with van der Waals surface area (Å²) in [6, 6.07) is 7.85. The summed E-state index contributed by atoms with van der Waals surface area (Å²) in [6.45, 7) is 8.25. The molecule has 0 spiro atoms. The molecule has 2 aromatic rings. The number of rotatable bonds is 11. The number of benzene rings is 1. The van der Waals surface area contributed by atoms with Crippen molar-refractivity contribution >= 4 is 5.84 Å². The number of hydrogen-bond donors (Lipinski definition) is 1. The Bertz CT molecular complexity index is 1610. The van der Waals surface area contributed by atoms with Crippen molar-refractivity contribution in [3.8, 4) is 5.75 Å². The maximum atomic E-state index is 15.8. The summed E-state index contributed by atoms with van der Waals surface area (Å²) in [5.74, 6) is 1.79. The van der Waals surface area contributed by atoms with Crippen LogP contribution in [0.2, 0.25) is 0 Å². The number of ether oxygens (including phenoxy) is 1. The van der Waals surface area contributed by atoms with Gasteiger partial charge in [-0.15, -0.1) is 0 Å². The van der Waals surface area contributed by atoms with Crippen LogP contribution in [0.25, 0.3) is 0 Å². The number of nitrogens with one attached hydrogen (secondary N) is 1. The maximum absolute atomic E-state index is 15.8. The van der Waals surface area contributed by atoms with E-state index < -0.39 is 6.17 Å². The van der Waals surface area contributed by atoms with Crippen molar-refractivity contribution in [2.45, 2.75) is 72.2 Å². The van der Waals surface area contributed by atoms with Gasteiger partial charge in [-0.2, -0.15) is 0 Å². The van der Waals surface area contributed by atoms with Gasteiger partial charge in [0.2, 0.25) is 0 Å². The highest BCUT2D eigenvalue weighted by molar-refractivity contribution is 5.89. The van der Waals surface area contributed by atoms with Crippen LogP contribution in [-0.2, 0) is 24.2 Å². The van der Waals surface area contributed by atoms with Crippen molar-refractivity contribution in [3.63, 3.8) is 0 Å². The predicted molar refractivity (Wildman–Crippen MR) is 180 cm³/mol. The number of allylic oxidation sites excluding steroid dienone is 10. The zero-order valence-electron chi connectivity index (χ0n) is 27.2. The second kappa shape index (κ2) is 16.1. The zero-order valence-corrected chi connectivity index (χ0v) is 27.2. The van der Waals surface area contributed by atoms with Gasteiger partial charge in [-0.3, -0.25) is 24.7 Å². The first kappa shape index (κ1) is 33.6. The average Bonchev–Trinajstić information content (AvgIpc) is 3.18. The van der Waals surface area contributed by atoms with Gasteiger partial charge < -0.3 is 4.74 Å². The number of hydrogen-bond acceptors (Lipinski definition) is 5. The van der Waals surface area contributed by atoms with Gasteiger partial charge in [0.15, 0.2) is 0 Å². The van der Waals surface area contributed by atoms with Gasteiger partial charge >= 0.3 is 0 Å². The Balaban J connectivity index is 1.69. The van der Waals surface area contributed by atoms with Crippen LogP contribution in [0.15, 0.2) is 105 Å². The van der Waals surface area contributed by atoms with Crippen molar-refractivity contribution < 1.29 is 14.0 Å². The van der Waals surface area contributed by atoms with Crippen LogP contribution in [0.4, 0.5) is 4.39 Å². The van der Waals surface area contributed by atoms with E-state index in [-0.39, 0.29) is 17.6 Å². The second-order valence-electron chi connectivity index (χ2n) is 11.4. The highest BCUT2D eigenvalue weighted by Gasteiger charge is 2.26. The molecular weight excluding hydrogens is 567 g/mol. The van der Waals surface area contributed by atoms with Gasteiger partial charge in [0.05, 0.1) is 25.7 Å². The predicted octanol–water partition coefficient (Wildman–Crippen LogP) is 6.88. The molecule has 0 radical (unpaired) electrons. The van der Waals surface area contributed by atoms with Crippen molar-refractivity contribution in [3.05, 3.63) is 129 Å². The molecule has 0 saturated heterocycles. The van der Waals surface area contributed by atoms with Crippen LogP contribution in [-0.4, -0.2) is 41.8 Å². The molecule has 0 bridgehead atoms. The molecule has 45 heavy (non-hydrogen) atoms. The van der Waals surface area contributed by atoms with Gasteiger partial charge in [-0.25, -0.2) is 9.37 Å². The third-order valence-electron chi connectivity index (χ3n) is 7.73. The topological polar surface area (TPSA) is 77.7 Å². The van der Waals surface area contributed by atoms with E-state index in [1.807, 2.05) is 87.6 Å². The zero-order chi connectivity index (χ0) is 32.3. The van der Waals surface area contributed by atoms with Crippen LogP contribution < -0.4 is 15.8 Å². The number of alkyl halides is 1. The fourth-order valence-corrected chi connectivity index (χ4v) is 5.55. The lowest BCUT2D eigenvalue weighted by Gasteiger charge is -2.23. The largest absolute Gasteiger partial charge is 0.491 e. The first-order valence-electron chi connectivity index (χ1n) is 15.6. The Kier molecular flexibility index (Phi) is 12.0. The van der Waals surface area contributed by atoms with E-state index in [4.69, 9.17) is 14.6 Å². The van der Waals surface area contributed by atoms with E-state index in [2.05, 4.69) is 17.4 Å². The van der Waals surface area contributed by atoms with Gasteiger partial charge in [0.25, 0.3) is 5.56 Å². The van der Waals surface area contributed by atoms with Crippen molar-refractivity contribution in [2.75, 3.05) is 14.2 Å². The molecule has 7 nitrogen and oxygen atoms in total. The summed E-state index contributed by atoms with van der Waals surface area (Å²) >= 11 is 0. The standard InChI is InChI=1S/C37H45FN4O3/c1-7-12-35-40-26(4)33(23-27-15-19-29(20-16-27)45-25(2)3)37(43)42(35)24-28-17-21-31(34(38)22-18-28)30-13-10-8-9-11-14-32(30)36(39-5)41-44-6/h8-9,11,13-22,25,32,34H,7,10,12,23-24H2,1-6H3,(H,39,41)/b9-8-,14-11?,30-13-. The Hall–Kier alpha value is -4.30. The average molecular weight is 613 g/mol. The molecule has 238 valence electrons. The third kappa shape index (κ3) is 8.66. The highest BCUT2D eigenvalue weighted by atomic mass is 19.1. The molecule has 2 aliphatic rings. The van der Waals surface area contributed by atoms with Crippen molar-refractivity contribution in [1.82, 2.24) is 15.0 Å². The Morgan fingerprint density at radius 2 is 1.93 bits per heavy atom. The summed E-state index contributed by atoms with van der Waals surface area (Å²) in [6.07, 6.45) is 18.4. The molecule has 4 rings (SSSR count). The number of aromatic nitrogens is 2. The molecule has 2 aliphatic carbocycles. The van der Waals surface area contributed by atoms with E-state index >= 15 is 4.39 Å². The number of aliphatic imine (C=N–C) groups is 1. The molecule has 1 heterocycles. The Labute approximate surface area is 266 Å². The molecular formula is C37H45FN4O3. The first-order chi connectivity index (χ1) is 21.7. The number of hydroxylamine groups is 1. The molecule has 1 N–H and O–H groups in total. The van der Waals surface area contributed by atoms with Gasteiger partial charge in [-0.1, -0.05) is 67.7 Å². The Morgan fingerprint density at radius 1 is 1.16 bits per heavy atom. The molecule has 2 atom stereocenters. The van der Waals surface area contributed by atoms with E-state index in [0.717, 1.165) is 40.4 Å². The molecule has 0 fully saturated rings. The van der Waals surface area contributed by atoms with Crippen LogP contribution in [0.1, 0.15) is 56.3 Å². The number of nitrogens with zero attached hydrogens (tertiary/aromatic N) is 3. The van der Waals surface area contributed by atoms with Crippen LogP contribution >= 0.6 is 0 Å². The summed E-state index contributed by atoms with van der Waals surface area (Å²) in [7, 11) is 3.21. The van der Waals surface area contributed by atoms with E-state index in [9.17, 15) is 4.79 Å². The number of halogens is 1. The molecule has 8 heteroatoms. The fourth-order valence-electron chi connectivity index (χ4n) is 5.55. The van der Waals surface area contributed by atoms with Crippen molar-refractivity contribution in [1.29, 1.82) is 0 Å². The smallest absolute Gasteiger partial charge is 0.257 e. The molecule has 0 saturated carbocycles. The van der Waals surface area contributed by atoms with E-state index in [1.54, 1.807) is 23.8 Å². The monoisotopic (exact) mass is 612 g/mol. The van der Waals surface area contributed by atoms with E-state index in [1.165, 1.54) is 7.11 Å². The minimum absolute atomic E-state index is 0.0674. The van der Waals surface area contributed by atoms with Crippen LogP contribution in [0.3, 0.4) is 0 Å². The molecule has 1 aromatic carbocycles. The van der Waals surface area contributed by atoms with Crippen LogP contribution in [0, 0.1) is 12.8 Å². The van der Waals surface area contributed by atoms with Crippen molar-refractivity contribution in [2.24, 2.45) is 10.9 Å². The summed E-state index contributed by atoms with van der Waals surface area (Å²) in [5.41, 5.74) is 7.35. The fraction of sp³-hybridized carbons (Fsp3) is 0.378. The third-order valence-corrected chi connectivity index (χ3v) is 7.73. The van der Waals surface area contributed by atoms with Gasteiger partial charge in [-0.05, 0) is 74.1 Å². The van der Waals surface area contributed by atoms with Gasteiger partial charge in [0.1, 0.15) is 23.6 Å². The molecule has 0 aliphatic heterocycles. The lowest BCUT2D eigenvalue weighted by molar-refractivity contribution is 0.141. The van der Waals surface area contributed by atoms with Crippen LogP contribution in [0.5, 0.6) is 5.75 Å². The Morgan fingerprint density at radius 3 is 2.62 bits per heavy atom. The molecule has 2 unspecified atom stereocenters. The lowest BCUT2D eigenvalue weighted by atomic mass is 9.86. The second-order valence-corrected chi connectivity index (χ2v) is 11.4. The minimum Gasteiger partial charge on any atom is -0.491 e. The molecule has 0 amide bonds. The lowest BCUT2D eigenvalue weighted by Crippen LogP contribution is -2.31. The SMILES string of the molecule is CCCc1nc(C)c(Cc2ccc(OC(C)C)cc2)c(=O)n1CC1=CC=C(/C2=C/C/C=C\C=CC2C(=NC)NOC)C(F)C=C1. The quantitative estimate of drug-likeness (QED) is 0.170. The molecule has 1 aromatic heterocycles.